The minimum atomic E-state index is -0.450. The maximum absolute atomic E-state index is 10.8. The molecule has 1 aliphatic heterocycles. The SMILES string of the molecule is CN1CCCC(Nc2c([N+](=O)[O-])ncn2C)C1. The van der Waals surface area contributed by atoms with E-state index in [0.29, 0.717) is 5.82 Å². The van der Waals surface area contributed by atoms with Crippen LogP contribution in [0.15, 0.2) is 6.33 Å². The lowest BCUT2D eigenvalue weighted by Crippen LogP contribution is -2.40. The van der Waals surface area contributed by atoms with Gasteiger partial charge in [-0.2, -0.15) is 0 Å². The summed E-state index contributed by atoms with van der Waals surface area (Å²) in [5, 5.41) is 14.0. The maximum Gasteiger partial charge on any atom is 0.406 e. The number of likely N-dealkylation sites (tertiary alicyclic amines) is 1. The molecular weight excluding hydrogens is 222 g/mol. The maximum atomic E-state index is 10.8. The molecule has 2 rings (SSSR count). The van der Waals surface area contributed by atoms with Gasteiger partial charge in [-0.3, -0.25) is 4.57 Å². The third kappa shape index (κ3) is 2.55. The van der Waals surface area contributed by atoms with Crippen LogP contribution in [-0.4, -0.2) is 45.6 Å². The van der Waals surface area contributed by atoms with Crippen LogP contribution in [0.4, 0.5) is 11.6 Å². The summed E-state index contributed by atoms with van der Waals surface area (Å²) >= 11 is 0. The molecule has 0 bridgehead atoms. The number of rotatable bonds is 3. The molecular formula is C10H17N5O2. The molecule has 1 unspecified atom stereocenters. The Morgan fingerprint density at radius 2 is 2.35 bits per heavy atom. The second-order valence-electron chi connectivity index (χ2n) is 4.53. The second kappa shape index (κ2) is 4.70. The van der Waals surface area contributed by atoms with Crippen molar-refractivity contribution in [1.29, 1.82) is 0 Å². The highest BCUT2D eigenvalue weighted by Crippen LogP contribution is 2.23. The highest BCUT2D eigenvalue weighted by Gasteiger charge is 2.24. The van der Waals surface area contributed by atoms with Gasteiger partial charge >= 0.3 is 5.82 Å². The minimum Gasteiger partial charge on any atom is -0.360 e. The number of nitrogens with zero attached hydrogens (tertiary/aromatic N) is 4. The van der Waals surface area contributed by atoms with Crippen molar-refractivity contribution in [2.45, 2.75) is 18.9 Å². The van der Waals surface area contributed by atoms with Crippen molar-refractivity contribution in [2.75, 3.05) is 25.5 Å². The summed E-state index contributed by atoms with van der Waals surface area (Å²) in [5.41, 5.74) is 0. The van der Waals surface area contributed by atoms with Crippen LogP contribution in [0.2, 0.25) is 0 Å². The van der Waals surface area contributed by atoms with Crippen molar-refractivity contribution in [3.63, 3.8) is 0 Å². The number of nitro groups is 1. The number of likely N-dealkylation sites (N-methyl/N-ethyl adjacent to an activating group) is 1. The average Bonchev–Trinajstić information content (AvgIpc) is 2.61. The first-order valence-electron chi connectivity index (χ1n) is 5.68. The van der Waals surface area contributed by atoms with Gasteiger partial charge in [0.2, 0.25) is 12.1 Å². The van der Waals surface area contributed by atoms with Crippen molar-refractivity contribution in [3.05, 3.63) is 16.4 Å². The first kappa shape index (κ1) is 11.8. The molecule has 0 aromatic carbocycles. The number of nitrogens with one attached hydrogen (secondary N) is 1. The fraction of sp³-hybridized carbons (Fsp3) is 0.700. The van der Waals surface area contributed by atoms with E-state index in [4.69, 9.17) is 0 Å². The summed E-state index contributed by atoms with van der Waals surface area (Å²) in [6.07, 6.45) is 3.61. The van der Waals surface area contributed by atoms with Gasteiger partial charge in [0.25, 0.3) is 0 Å². The van der Waals surface area contributed by atoms with E-state index < -0.39 is 4.92 Å². The fourth-order valence-electron chi connectivity index (χ4n) is 2.20. The van der Waals surface area contributed by atoms with E-state index in [-0.39, 0.29) is 11.9 Å². The van der Waals surface area contributed by atoms with Crippen LogP contribution in [0.3, 0.4) is 0 Å². The Morgan fingerprint density at radius 1 is 1.59 bits per heavy atom. The molecule has 7 heteroatoms. The Bertz CT molecular complexity index is 417. The Morgan fingerprint density at radius 3 is 3.00 bits per heavy atom. The number of hydrogen-bond donors (Lipinski definition) is 1. The van der Waals surface area contributed by atoms with Gasteiger partial charge < -0.3 is 20.3 Å². The number of anilines is 1. The van der Waals surface area contributed by atoms with E-state index in [2.05, 4.69) is 22.2 Å². The van der Waals surface area contributed by atoms with Gasteiger partial charge in [0.15, 0.2) is 0 Å². The standard InChI is InChI=1S/C10H17N5O2/c1-13-5-3-4-8(6-13)12-10-9(15(16)17)11-7-14(10)2/h7-8,12H,3-6H2,1-2H3. The molecule has 1 N–H and O–H groups in total. The molecule has 2 heterocycles. The van der Waals surface area contributed by atoms with Crippen LogP contribution >= 0.6 is 0 Å². The summed E-state index contributed by atoms with van der Waals surface area (Å²) in [7, 11) is 3.82. The minimum absolute atomic E-state index is 0.0965. The molecule has 0 saturated carbocycles. The molecule has 0 aliphatic carbocycles. The van der Waals surface area contributed by atoms with Gasteiger partial charge in [0.1, 0.15) is 0 Å². The normalized spacial score (nSPS) is 21.4. The molecule has 17 heavy (non-hydrogen) atoms. The van der Waals surface area contributed by atoms with Gasteiger partial charge in [-0.15, -0.1) is 0 Å². The zero-order chi connectivity index (χ0) is 12.4. The molecule has 1 aromatic rings. The molecule has 1 fully saturated rings. The highest BCUT2D eigenvalue weighted by atomic mass is 16.6. The molecule has 7 nitrogen and oxygen atoms in total. The quantitative estimate of drug-likeness (QED) is 0.624. The van der Waals surface area contributed by atoms with E-state index in [1.165, 1.54) is 6.33 Å². The highest BCUT2D eigenvalue weighted by molar-refractivity contribution is 5.52. The van der Waals surface area contributed by atoms with Gasteiger partial charge in [0.05, 0.1) is 0 Å². The van der Waals surface area contributed by atoms with Crippen molar-refractivity contribution in [3.8, 4) is 0 Å². The van der Waals surface area contributed by atoms with E-state index >= 15 is 0 Å². The summed E-state index contributed by atoms with van der Waals surface area (Å²) < 4.78 is 1.66. The molecule has 1 aromatic heterocycles. The summed E-state index contributed by atoms with van der Waals surface area (Å²) in [6, 6.07) is 0.253. The first-order chi connectivity index (χ1) is 8.08. The van der Waals surface area contributed by atoms with Crippen LogP contribution in [0, 0.1) is 10.1 Å². The van der Waals surface area contributed by atoms with Gasteiger partial charge in [-0.25, -0.2) is 0 Å². The molecule has 94 valence electrons. The summed E-state index contributed by atoms with van der Waals surface area (Å²) in [5.74, 6) is 0.399. The monoisotopic (exact) mass is 239 g/mol. The lowest BCUT2D eigenvalue weighted by Gasteiger charge is -2.30. The predicted molar refractivity (Wildman–Crippen MR) is 64.0 cm³/mol. The fourth-order valence-corrected chi connectivity index (χ4v) is 2.20. The van der Waals surface area contributed by atoms with Gasteiger partial charge in [-0.1, -0.05) is 0 Å². The van der Waals surface area contributed by atoms with Crippen LogP contribution in [-0.2, 0) is 7.05 Å². The van der Waals surface area contributed by atoms with E-state index in [9.17, 15) is 10.1 Å². The van der Waals surface area contributed by atoms with E-state index in [0.717, 1.165) is 25.9 Å². The largest absolute Gasteiger partial charge is 0.406 e. The van der Waals surface area contributed by atoms with Gasteiger partial charge in [0, 0.05) is 19.6 Å². The lowest BCUT2D eigenvalue weighted by atomic mass is 10.1. The number of hydrogen-bond acceptors (Lipinski definition) is 5. The predicted octanol–water partition coefficient (Wildman–Crippen LogP) is 0.834. The number of aromatic nitrogens is 2. The number of piperidine rings is 1. The summed E-state index contributed by atoms with van der Waals surface area (Å²) in [4.78, 5) is 16.4. The number of imidazole rings is 1. The molecule has 1 aliphatic rings. The third-order valence-electron chi connectivity index (χ3n) is 3.06. The van der Waals surface area contributed by atoms with Crippen LogP contribution in [0.1, 0.15) is 12.8 Å². The Hall–Kier alpha value is -1.63. The van der Waals surface area contributed by atoms with Crippen LogP contribution in [0.25, 0.3) is 0 Å². The zero-order valence-corrected chi connectivity index (χ0v) is 10.1. The molecule has 0 radical (unpaired) electrons. The summed E-state index contributed by atoms with van der Waals surface area (Å²) in [6.45, 7) is 1.99. The van der Waals surface area contributed by atoms with Gasteiger partial charge in [-0.05, 0) is 36.3 Å². The van der Waals surface area contributed by atoms with Crippen molar-refractivity contribution < 1.29 is 4.92 Å². The molecule has 0 spiro atoms. The Kier molecular flexibility index (Phi) is 3.28. The third-order valence-corrected chi connectivity index (χ3v) is 3.06. The number of aryl methyl sites for hydroxylation is 1. The van der Waals surface area contributed by atoms with Crippen LogP contribution in [0.5, 0.6) is 0 Å². The van der Waals surface area contributed by atoms with E-state index in [1.54, 1.807) is 11.6 Å². The second-order valence-corrected chi connectivity index (χ2v) is 4.53. The zero-order valence-electron chi connectivity index (χ0n) is 10.1. The first-order valence-corrected chi connectivity index (χ1v) is 5.68. The topological polar surface area (TPSA) is 76.2 Å². The van der Waals surface area contributed by atoms with Crippen molar-refractivity contribution in [2.24, 2.45) is 7.05 Å². The molecule has 1 saturated heterocycles. The van der Waals surface area contributed by atoms with Crippen molar-refractivity contribution in [1.82, 2.24) is 14.5 Å². The Labute approximate surface area is 99.6 Å². The lowest BCUT2D eigenvalue weighted by molar-refractivity contribution is -0.388. The van der Waals surface area contributed by atoms with E-state index in [1.807, 2.05) is 0 Å². The molecule has 0 amide bonds. The van der Waals surface area contributed by atoms with Crippen LogP contribution < -0.4 is 5.32 Å². The van der Waals surface area contributed by atoms with Crippen molar-refractivity contribution >= 4 is 11.6 Å². The molecule has 1 atom stereocenters. The average molecular weight is 239 g/mol. The smallest absolute Gasteiger partial charge is 0.360 e. The Balaban J connectivity index is 2.12.